The first-order chi connectivity index (χ1) is 14.1. The number of nitrogen functional groups attached to an aromatic ring is 1. The highest BCUT2D eigenvalue weighted by molar-refractivity contribution is 5.69. The number of piperidine rings is 1. The van der Waals surface area contributed by atoms with E-state index in [1.165, 1.54) is 11.1 Å². The molecule has 7 nitrogen and oxygen atoms in total. The van der Waals surface area contributed by atoms with Crippen molar-refractivity contribution in [2.75, 3.05) is 30.7 Å². The Hall–Kier alpha value is -2.83. The monoisotopic (exact) mass is 411 g/mol. The van der Waals surface area contributed by atoms with Crippen molar-refractivity contribution in [1.82, 2.24) is 14.9 Å². The van der Waals surface area contributed by atoms with Gasteiger partial charge in [-0.25, -0.2) is 9.78 Å². The SMILES string of the molecule is Cc1cccc(-c2cc(NCC3CCN(C(=O)OC(C)(C)C)CC3)nc(N)n2)c1C. The zero-order valence-electron chi connectivity index (χ0n) is 18.7. The van der Waals surface area contributed by atoms with E-state index in [4.69, 9.17) is 10.5 Å². The molecule has 0 radical (unpaired) electrons. The van der Waals surface area contributed by atoms with E-state index in [-0.39, 0.29) is 12.0 Å². The molecule has 7 heteroatoms. The van der Waals surface area contributed by atoms with Crippen molar-refractivity contribution in [1.29, 1.82) is 0 Å². The van der Waals surface area contributed by atoms with Gasteiger partial charge in [-0.2, -0.15) is 4.98 Å². The summed E-state index contributed by atoms with van der Waals surface area (Å²) in [6.45, 7) is 12.1. The number of likely N-dealkylation sites (tertiary alicyclic amines) is 1. The summed E-state index contributed by atoms with van der Waals surface area (Å²) >= 11 is 0. The number of hydrogen-bond acceptors (Lipinski definition) is 6. The minimum absolute atomic E-state index is 0.226. The molecule has 0 atom stereocenters. The first-order valence-corrected chi connectivity index (χ1v) is 10.6. The van der Waals surface area contributed by atoms with E-state index in [1.54, 1.807) is 4.90 Å². The van der Waals surface area contributed by atoms with E-state index >= 15 is 0 Å². The Balaban J connectivity index is 1.59. The van der Waals surface area contributed by atoms with E-state index < -0.39 is 5.60 Å². The lowest BCUT2D eigenvalue weighted by atomic mass is 9.97. The summed E-state index contributed by atoms with van der Waals surface area (Å²) in [7, 11) is 0. The summed E-state index contributed by atoms with van der Waals surface area (Å²) in [5, 5.41) is 3.42. The van der Waals surface area contributed by atoms with Crippen LogP contribution in [0.3, 0.4) is 0 Å². The Morgan fingerprint density at radius 1 is 1.23 bits per heavy atom. The summed E-state index contributed by atoms with van der Waals surface area (Å²) < 4.78 is 5.47. The average Bonchev–Trinajstić information content (AvgIpc) is 2.67. The van der Waals surface area contributed by atoms with Crippen LogP contribution in [-0.4, -0.2) is 46.2 Å². The van der Waals surface area contributed by atoms with Gasteiger partial charge in [0.05, 0.1) is 5.69 Å². The largest absolute Gasteiger partial charge is 0.444 e. The molecule has 3 rings (SSSR count). The molecule has 1 saturated heterocycles. The second kappa shape index (κ2) is 8.90. The number of carbonyl (C=O) groups is 1. The van der Waals surface area contributed by atoms with Crippen molar-refractivity contribution in [2.24, 2.45) is 5.92 Å². The van der Waals surface area contributed by atoms with Gasteiger partial charge in [0.25, 0.3) is 0 Å². The molecule has 0 unspecified atom stereocenters. The zero-order chi connectivity index (χ0) is 21.9. The van der Waals surface area contributed by atoms with Crippen molar-refractivity contribution in [3.05, 3.63) is 35.4 Å². The maximum absolute atomic E-state index is 12.2. The zero-order valence-corrected chi connectivity index (χ0v) is 18.7. The molecule has 30 heavy (non-hydrogen) atoms. The Morgan fingerprint density at radius 3 is 2.60 bits per heavy atom. The van der Waals surface area contributed by atoms with Crippen molar-refractivity contribution in [2.45, 2.75) is 53.1 Å². The third-order valence-corrected chi connectivity index (χ3v) is 5.46. The lowest BCUT2D eigenvalue weighted by Gasteiger charge is -2.33. The van der Waals surface area contributed by atoms with Crippen LogP contribution in [0.15, 0.2) is 24.3 Å². The molecule has 1 aromatic carbocycles. The van der Waals surface area contributed by atoms with E-state index in [9.17, 15) is 4.79 Å². The molecular weight excluding hydrogens is 378 g/mol. The highest BCUT2D eigenvalue weighted by Gasteiger charge is 2.26. The molecule has 2 heterocycles. The fourth-order valence-electron chi connectivity index (χ4n) is 3.62. The lowest BCUT2D eigenvalue weighted by Crippen LogP contribution is -2.42. The van der Waals surface area contributed by atoms with Gasteiger partial charge >= 0.3 is 6.09 Å². The second-order valence-corrected chi connectivity index (χ2v) is 9.04. The third-order valence-electron chi connectivity index (χ3n) is 5.46. The molecule has 1 amide bonds. The molecule has 0 aliphatic carbocycles. The minimum atomic E-state index is -0.463. The number of ether oxygens (including phenoxy) is 1. The van der Waals surface area contributed by atoms with Crippen molar-refractivity contribution in [3.63, 3.8) is 0 Å². The first kappa shape index (κ1) is 21.9. The number of nitrogens with zero attached hydrogens (tertiary/aromatic N) is 3. The highest BCUT2D eigenvalue weighted by atomic mass is 16.6. The molecule has 1 fully saturated rings. The summed E-state index contributed by atoms with van der Waals surface area (Å²) in [6.07, 6.45) is 1.63. The number of benzene rings is 1. The second-order valence-electron chi connectivity index (χ2n) is 9.04. The van der Waals surface area contributed by atoms with Gasteiger partial charge in [0.15, 0.2) is 0 Å². The number of nitrogens with two attached hydrogens (primary N) is 1. The molecule has 162 valence electrons. The van der Waals surface area contributed by atoms with Gasteiger partial charge in [-0.05, 0) is 64.5 Å². The Bertz CT molecular complexity index is 899. The van der Waals surface area contributed by atoms with Gasteiger partial charge in [-0.1, -0.05) is 18.2 Å². The Labute approximate surface area is 179 Å². The van der Waals surface area contributed by atoms with Crippen LogP contribution in [-0.2, 0) is 4.74 Å². The third kappa shape index (κ3) is 5.62. The van der Waals surface area contributed by atoms with Crippen LogP contribution in [0.1, 0.15) is 44.7 Å². The average molecular weight is 412 g/mol. The van der Waals surface area contributed by atoms with E-state index in [1.807, 2.05) is 32.9 Å². The van der Waals surface area contributed by atoms with Gasteiger partial charge in [0.2, 0.25) is 5.95 Å². The number of aromatic nitrogens is 2. The summed E-state index contributed by atoms with van der Waals surface area (Å²) in [5.41, 5.74) is 9.81. The highest BCUT2D eigenvalue weighted by Crippen LogP contribution is 2.26. The van der Waals surface area contributed by atoms with Gasteiger partial charge in [-0.3, -0.25) is 0 Å². The van der Waals surface area contributed by atoms with Crippen LogP contribution in [0.5, 0.6) is 0 Å². The van der Waals surface area contributed by atoms with Crippen LogP contribution in [0, 0.1) is 19.8 Å². The number of carbonyl (C=O) groups excluding carboxylic acids is 1. The summed E-state index contributed by atoms with van der Waals surface area (Å²) in [4.78, 5) is 22.8. The molecular formula is C23H33N5O2. The summed E-state index contributed by atoms with van der Waals surface area (Å²) in [5.74, 6) is 1.45. The first-order valence-electron chi connectivity index (χ1n) is 10.6. The molecule has 0 saturated carbocycles. The molecule has 0 bridgehead atoms. The molecule has 2 aromatic rings. The minimum Gasteiger partial charge on any atom is -0.444 e. The van der Waals surface area contributed by atoms with Gasteiger partial charge in [0, 0.05) is 31.3 Å². The summed E-state index contributed by atoms with van der Waals surface area (Å²) in [6, 6.07) is 8.13. The molecule has 1 aliphatic heterocycles. The van der Waals surface area contributed by atoms with Gasteiger partial charge in [-0.15, -0.1) is 0 Å². The van der Waals surface area contributed by atoms with Crippen LogP contribution in [0.25, 0.3) is 11.3 Å². The quantitative estimate of drug-likeness (QED) is 0.774. The number of rotatable bonds is 4. The number of amides is 1. The van der Waals surface area contributed by atoms with Crippen LogP contribution >= 0.6 is 0 Å². The maximum Gasteiger partial charge on any atom is 0.410 e. The van der Waals surface area contributed by atoms with Crippen LogP contribution in [0.2, 0.25) is 0 Å². The Morgan fingerprint density at radius 2 is 1.93 bits per heavy atom. The van der Waals surface area contributed by atoms with Crippen LogP contribution in [0.4, 0.5) is 16.6 Å². The fourth-order valence-corrected chi connectivity index (χ4v) is 3.62. The van der Waals surface area contributed by atoms with E-state index in [2.05, 4.69) is 41.3 Å². The van der Waals surface area contributed by atoms with Gasteiger partial charge < -0.3 is 20.7 Å². The molecule has 3 N–H and O–H groups in total. The van der Waals surface area contributed by atoms with Crippen molar-refractivity contribution < 1.29 is 9.53 Å². The normalized spacial score (nSPS) is 15.2. The molecule has 1 aliphatic rings. The van der Waals surface area contributed by atoms with Crippen molar-refractivity contribution in [3.8, 4) is 11.3 Å². The van der Waals surface area contributed by atoms with E-state index in [0.29, 0.717) is 19.0 Å². The fraction of sp³-hybridized carbons (Fsp3) is 0.522. The predicted octanol–water partition coefficient (Wildman–Crippen LogP) is 4.40. The number of nitrogens with one attached hydrogen (secondary N) is 1. The standard InChI is InChI=1S/C23H33N5O2/c1-15-7-6-8-18(16(15)2)19-13-20(27-21(24)26-19)25-14-17-9-11-28(12-10-17)22(29)30-23(3,4)5/h6-8,13,17H,9-12,14H2,1-5H3,(H3,24,25,26,27). The maximum atomic E-state index is 12.2. The predicted molar refractivity (Wildman–Crippen MR) is 120 cm³/mol. The molecule has 1 aromatic heterocycles. The number of anilines is 2. The van der Waals surface area contributed by atoms with E-state index in [0.717, 1.165) is 36.5 Å². The van der Waals surface area contributed by atoms with Crippen molar-refractivity contribution >= 4 is 17.9 Å². The topological polar surface area (TPSA) is 93.4 Å². The smallest absolute Gasteiger partial charge is 0.410 e. The van der Waals surface area contributed by atoms with Crippen LogP contribution < -0.4 is 11.1 Å². The molecule has 0 spiro atoms. The van der Waals surface area contributed by atoms with Gasteiger partial charge in [0.1, 0.15) is 11.4 Å². The lowest BCUT2D eigenvalue weighted by molar-refractivity contribution is 0.0188. The number of hydrogen-bond donors (Lipinski definition) is 2. The Kier molecular flexibility index (Phi) is 6.48. The number of aryl methyl sites for hydroxylation is 1.